The summed E-state index contributed by atoms with van der Waals surface area (Å²) in [6.07, 6.45) is 4.82. The number of aryl methyl sites for hydroxylation is 1. The topological polar surface area (TPSA) is 76.1 Å². The normalized spacial score (nSPS) is 18.6. The molecule has 1 aliphatic heterocycles. The fourth-order valence-electron chi connectivity index (χ4n) is 3.71. The van der Waals surface area contributed by atoms with Crippen molar-refractivity contribution in [1.82, 2.24) is 0 Å². The Labute approximate surface area is 147 Å². The first-order valence-electron chi connectivity index (χ1n) is 8.86. The third-order valence-corrected chi connectivity index (χ3v) is 5.07. The molecule has 1 heterocycles. The molecule has 136 valence electrons. The Hall–Kier alpha value is -2.08. The van der Waals surface area contributed by atoms with Crippen LogP contribution in [-0.2, 0) is 20.7 Å². The van der Waals surface area contributed by atoms with Crippen molar-refractivity contribution in [2.75, 3.05) is 25.2 Å². The lowest BCUT2D eigenvalue weighted by atomic mass is 9.98. The minimum Gasteiger partial charge on any atom is -0.497 e. The van der Waals surface area contributed by atoms with Crippen molar-refractivity contribution in [2.24, 2.45) is 0 Å². The highest BCUT2D eigenvalue weighted by Crippen LogP contribution is 2.33. The molecule has 1 fully saturated rings. The minimum atomic E-state index is -0.950. The van der Waals surface area contributed by atoms with Gasteiger partial charge >= 0.3 is 5.97 Å². The third kappa shape index (κ3) is 4.12. The number of nitrogens with zero attached hydrogens (tertiary/aromatic N) is 1. The number of ether oxygens (including phenoxy) is 2. The predicted octanol–water partition coefficient (Wildman–Crippen LogP) is 2.21. The Morgan fingerprint density at radius 1 is 1.24 bits per heavy atom. The molecule has 0 bridgehead atoms. The van der Waals surface area contributed by atoms with Gasteiger partial charge in [-0.1, -0.05) is 12.8 Å². The van der Waals surface area contributed by atoms with E-state index in [9.17, 15) is 14.7 Å². The molecule has 1 saturated carbocycles. The molecule has 1 N–H and O–H groups in total. The van der Waals surface area contributed by atoms with Crippen LogP contribution in [0.1, 0.15) is 44.1 Å². The molecule has 25 heavy (non-hydrogen) atoms. The van der Waals surface area contributed by atoms with E-state index in [4.69, 9.17) is 9.47 Å². The van der Waals surface area contributed by atoms with E-state index in [1.165, 1.54) is 0 Å². The first kappa shape index (κ1) is 17.7. The number of esters is 1. The van der Waals surface area contributed by atoms with E-state index in [2.05, 4.69) is 0 Å². The fraction of sp³-hybridized carbons (Fsp3) is 0.579. The summed E-state index contributed by atoms with van der Waals surface area (Å²) in [7, 11) is 1.62. The van der Waals surface area contributed by atoms with E-state index in [-0.39, 0.29) is 18.9 Å². The van der Waals surface area contributed by atoms with Crippen molar-refractivity contribution in [3.63, 3.8) is 0 Å². The fourth-order valence-corrected chi connectivity index (χ4v) is 3.71. The second-order valence-corrected chi connectivity index (χ2v) is 6.91. The second kappa shape index (κ2) is 7.44. The van der Waals surface area contributed by atoms with E-state index in [1.54, 1.807) is 12.0 Å². The number of aliphatic hydroxyl groups is 1. The van der Waals surface area contributed by atoms with Gasteiger partial charge in [-0.15, -0.1) is 0 Å². The number of amides is 1. The van der Waals surface area contributed by atoms with Crippen molar-refractivity contribution in [3.8, 4) is 5.75 Å². The van der Waals surface area contributed by atoms with Gasteiger partial charge in [-0.25, -0.2) is 0 Å². The van der Waals surface area contributed by atoms with Crippen LogP contribution in [0.3, 0.4) is 0 Å². The number of benzene rings is 1. The molecule has 0 radical (unpaired) electrons. The minimum absolute atomic E-state index is 0.0337. The Morgan fingerprint density at radius 2 is 2.00 bits per heavy atom. The molecule has 1 amide bonds. The average Bonchev–Trinajstić information content (AvgIpc) is 3.04. The summed E-state index contributed by atoms with van der Waals surface area (Å²) < 4.78 is 10.4. The zero-order valence-corrected chi connectivity index (χ0v) is 14.6. The van der Waals surface area contributed by atoms with Crippen LogP contribution in [0.5, 0.6) is 5.75 Å². The maximum absolute atomic E-state index is 12.5. The van der Waals surface area contributed by atoms with Gasteiger partial charge in [0.25, 0.3) is 5.91 Å². The number of fused-ring (bicyclic) bond motifs is 1. The van der Waals surface area contributed by atoms with Gasteiger partial charge in [-0.2, -0.15) is 0 Å². The summed E-state index contributed by atoms with van der Waals surface area (Å²) >= 11 is 0. The van der Waals surface area contributed by atoms with Gasteiger partial charge in [0.1, 0.15) is 5.75 Å². The van der Waals surface area contributed by atoms with Crippen LogP contribution in [0.15, 0.2) is 18.2 Å². The highest BCUT2D eigenvalue weighted by atomic mass is 16.5. The number of carbonyl (C=O) groups is 2. The Kier molecular flexibility index (Phi) is 5.27. The monoisotopic (exact) mass is 347 g/mol. The molecule has 6 nitrogen and oxygen atoms in total. The van der Waals surface area contributed by atoms with Gasteiger partial charge < -0.3 is 19.5 Å². The number of hydrogen-bond donors (Lipinski definition) is 1. The number of carbonyl (C=O) groups excluding carboxylic acids is 2. The van der Waals surface area contributed by atoms with Crippen molar-refractivity contribution in [3.05, 3.63) is 23.8 Å². The highest BCUT2D eigenvalue weighted by Gasteiger charge is 2.34. The first-order valence-corrected chi connectivity index (χ1v) is 8.86. The molecule has 1 aromatic carbocycles. The molecule has 0 atom stereocenters. The SMILES string of the molecule is COc1ccc2c(c1)CCCN2C(=O)COC(=O)CC1(O)CCCC1. The van der Waals surface area contributed by atoms with Gasteiger partial charge in [0.15, 0.2) is 6.61 Å². The summed E-state index contributed by atoms with van der Waals surface area (Å²) in [4.78, 5) is 26.1. The molecular weight excluding hydrogens is 322 g/mol. The van der Waals surface area contributed by atoms with Gasteiger partial charge in [0.05, 0.1) is 19.1 Å². The lowest BCUT2D eigenvalue weighted by molar-refractivity contribution is -0.152. The molecular formula is C19H25NO5. The smallest absolute Gasteiger partial charge is 0.309 e. The standard InChI is InChI=1S/C19H25NO5/c1-24-15-6-7-16-14(11-15)5-4-10-20(16)17(21)13-25-18(22)12-19(23)8-2-3-9-19/h6-7,11,23H,2-5,8-10,12-13H2,1H3. The summed E-state index contributed by atoms with van der Waals surface area (Å²) in [6.45, 7) is 0.319. The van der Waals surface area contributed by atoms with Crippen LogP contribution in [-0.4, -0.2) is 42.8 Å². The lowest BCUT2D eigenvalue weighted by Crippen LogP contribution is -2.39. The molecule has 0 unspecified atom stereocenters. The maximum atomic E-state index is 12.5. The van der Waals surface area contributed by atoms with Crippen LogP contribution in [0, 0.1) is 0 Å². The molecule has 2 aliphatic rings. The van der Waals surface area contributed by atoms with Crippen molar-refractivity contribution in [2.45, 2.75) is 50.5 Å². The number of methoxy groups -OCH3 is 1. The van der Waals surface area contributed by atoms with Crippen LogP contribution < -0.4 is 9.64 Å². The Balaban J connectivity index is 1.58. The molecule has 3 rings (SSSR count). The van der Waals surface area contributed by atoms with Gasteiger partial charge in [-0.3, -0.25) is 9.59 Å². The molecule has 0 aromatic heterocycles. The average molecular weight is 347 g/mol. The summed E-state index contributed by atoms with van der Waals surface area (Å²) in [5, 5.41) is 10.2. The van der Waals surface area contributed by atoms with Crippen molar-refractivity contribution >= 4 is 17.6 Å². The molecule has 1 aliphatic carbocycles. The van der Waals surface area contributed by atoms with E-state index >= 15 is 0 Å². The Morgan fingerprint density at radius 3 is 2.72 bits per heavy atom. The third-order valence-electron chi connectivity index (χ3n) is 5.07. The maximum Gasteiger partial charge on any atom is 0.309 e. The number of anilines is 1. The first-order chi connectivity index (χ1) is 12.0. The van der Waals surface area contributed by atoms with E-state index in [0.29, 0.717) is 19.4 Å². The number of rotatable bonds is 5. The molecule has 6 heteroatoms. The summed E-state index contributed by atoms with van der Waals surface area (Å²) in [5.74, 6) is 0.0203. The van der Waals surface area contributed by atoms with Crippen LogP contribution >= 0.6 is 0 Å². The zero-order valence-electron chi connectivity index (χ0n) is 14.6. The van der Waals surface area contributed by atoms with Gasteiger partial charge in [-0.05, 0) is 49.4 Å². The van der Waals surface area contributed by atoms with Crippen LogP contribution in [0.4, 0.5) is 5.69 Å². The number of hydrogen-bond acceptors (Lipinski definition) is 5. The van der Waals surface area contributed by atoms with Crippen molar-refractivity contribution < 1.29 is 24.2 Å². The van der Waals surface area contributed by atoms with E-state index < -0.39 is 11.6 Å². The molecule has 1 aromatic rings. The van der Waals surface area contributed by atoms with Crippen LogP contribution in [0.2, 0.25) is 0 Å². The van der Waals surface area contributed by atoms with Crippen LogP contribution in [0.25, 0.3) is 0 Å². The molecule has 0 saturated heterocycles. The van der Waals surface area contributed by atoms with E-state index in [1.807, 2.05) is 18.2 Å². The lowest BCUT2D eigenvalue weighted by Gasteiger charge is -2.29. The van der Waals surface area contributed by atoms with Gasteiger partial charge in [0.2, 0.25) is 0 Å². The quantitative estimate of drug-likeness (QED) is 0.827. The van der Waals surface area contributed by atoms with E-state index in [0.717, 1.165) is 42.7 Å². The highest BCUT2D eigenvalue weighted by molar-refractivity contribution is 5.96. The molecule has 0 spiro atoms. The second-order valence-electron chi connectivity index (χ2n) is 6.91. The zero-order chi connectivity index (χ0) is 17.9. The predicted molar refractivity (Wildman–Crippen MR) is 92.7 cm³/mol. The summed E-state index contributed by atoms with van der Waals surface area (Å²) in [6, 6.07) is 5.64. The van der Waals surface area contributed by atoms with Gasteiger partial charge in [0, 0.05) is 12.2 Å². The largest absolute Gasteiger partial charge is 0.497 e. The van der Waals surface area contributed by atoms with Crippen molar-refractivity contribution in [1.29, 1.82) is 0 Å². The summed E-state index contributed by atoms with van der Waals surface area (Å²) in [5.41, 5.74) is 0.960. The Bertz CT molecular complexity index is 651.